The van der Waals surface area contributed by atoms with Gasteiger partial charge in [0.2, 0.25) is 0 Å². The number of halogens is 2. The number of hydrogen-bond donors (Lipinski definition) is 3. The Morgan fingerprint density at radius 1 is 0.833 bits per heavy atom. The van der Waals surface area contributed by atoms with Gasteiger partial charge in [0.25, 0.3) is 0 Å². The van der Waals surface area contributed by atoms with Crippen LogP contribution in [0.5, 0.6) is 23.0 Å². The molecule has 7 rings (SSSR count). The summed E-state index contributed by atoms with van der Waals surface area (Å²) in [6, 6.07) is 36.3. The van der Waals surface area contributed by atoms with Crippen molar-refractivity contribution in [2.24, 2.45) is 4.99 Å². The highest BCUT2D eigenvalue weighted by Gasteiger charge is 2.12. The maximum atomic E-state index is 6.32. The first-order chi connectivity index (χ1) is 23.2. The summed E-state index contributed by atoms with van der Waals surface area (Å²) in [5.74, 6) is 5.16. The van der Waals surface area contributed by atoms with E-state index in [1.807, 2.05) is 84.9 Å². The Kier molecular flexibility index (Phi) is 10.9. The molecule has 48 heavy (non-hydrogen) atoms. The van der Waals surface area contributed by atoms with Crippen LogP contribution < -0.4 is 24.8 Å². The molecule has 3 N–H and O–H groups in total. The second kappa shape index (κ2) is 15.8. The van der Waals surface area contributed by atoms with Gasteiger partial charge in [-0.3, -0.25) is 5.10 Å². The molecule has 0 atom stereocenters. The fourth-order valence-electron chi connectivity index (χ4n) is 5.30. The molecule has 0 amide bonds. The zero-order chi connectivity index (χ0) is 31.8. The van der Waals surface area contributed by atoms with Gasteiger partial charge in [-0.1, -0.05) is 82.7 Å². The second-order valence-electron chi connectivity index (χ2n) is 11.0. The van der Waals surface area contributed by atoms with Gasteiger partial charge < -0.3 is 24.8 Å². The Hall–Kier alpha value is -4.87. The van der Waals surface area contributed by atoms with E-state index >= 15 is 0 Å². The van der Waals surface area contributed by atoms with Crippen LogP contribution in [0.1, 0.15) is 17.0 Å². The lowest BCUT2D eigenvalue weighted by molar-refractivity contribution is 0.171. The van der Waals surface area contributed by atoms with E-state index in [1.54, 1.807) is 0 Å². The molecule has 244 valence electrons. The van der Waals surface area contributed by atoms with Crippen molar-refractivity contribution < 1.29 is 14.2 Å². The number of H-pyrrole nitrogens is 1. The summed E-state index contributed by atoms with van der Waals surface area (Å²) in [5.41, 5.74) is 3.11. The van der Waals surface area contributed by atoms with Crippen molar-refractivity contribution in [2.75, 3.05) is 19.8 Å². The highest BCUT2D eigenvalue weighted by molar-refractivity contribution is 9.10. The van der Waals surface area contributed by atoms with Gasteiger partial charge >= 0.3 is 0 Å². The Balaban J connectivity index is 0.00000401. The molecule has 0 saturated carbocycles. The maximum absolute atomic E-state index is 6.32. The quantitative estimate of drug-likeness (QED) is 0.0958. The predicted molar refractivity (Wildman–Crippen MR) is 197 cm³/mol. The first-order valence-corrected chi connectivity index (χ1v) is 16.3. The zero-order valence-corrected chi connectivity index (χ0v) is 29.3. The predicted octanol–water partition coefficient (Wildman–Crippen LogP) is 8.01. The fourth-order valence-corrected chi connectivity index (χ4v) is 5.57. The molecule has 0 spiro atoms. The molecule has 11 heteroatoms. The highest BCUT2D eigenvalue weighted by Crippen LogP contribution is 2.31. The minimum atomic E-state index is 0. The zero-order valence-electron chi connectivity index (χ0n) is 26.0. The van der Waals surface area contributed by atoms with Crippen molar-refractivity contribution in [1.82, 2.24) is 25.8 Å². The number of rotatable bonds is 10. The number of nitrogens with one attached hydrogen (secondary N) is 3. The molecule has 0 bridgehead atoms. The topological polar surface area (TPSA) is 106 Å². The van der Waals surface area contributed by atoms with E-state index in [-0.39, 0.29) is 17.0 Å². The average Bonchev–Trinajstić information content (AvgIpc) is 3.59. The number of nitrogens with zero attached hydrogens (tertiary/aromatic N) is 3. The third kappa shape index (κ3) is 8.34. The van der Waals surface area contributed by atoms with E-state index in [1.165, 1.54) is 0 Å². The molecule has 6 aromatic rings. The van der Waals surface area contributed by atoms with Crippen molar-refractivity contribution in [3.8, 4) is 34.4 Å². The Labute approximate surface area is 297 Å². The smallest absolute Gasteiger partial charge is 0.191 e. The van der Waals surface area contributed by atoms with Crippen molar-refractivity contribution >= 4 is 49.6 Å². The van der Waals surface area contributed by atoms with Crippen LogP contribution in [0.3, 0.4) is 0 Å². The van der Waals surface area contributed by atoms with Crippen molar-refractivity contribution in [2.45, 2.75) is 19.5 Å². The van der Waals surface area contributed by atoms with Crippen LogP contribution in [0, 0.1) is 0 Å². The minimum Gasteiger partial charge on any atom is -0.486 e. The number of guanidine groups is 1. The van der Waals surface area contributed by atoms with E-state index in [2.05, 4.69) is 66.0 Å². The minimum absolute atomic E-state index is 0. The number of aromatic nitrogens is 3. The number of fused-ring (bicyclic) bond motifs is 2. The summed E-state index contributed by atoms with van der Waals surface area (Å²) in [6.07, 6.45) is 0.779. The molecule has 0 unspecified atom stereocenters. The number of benzene rings is 5. The van der Waals surface area contributed by atoms with Gasteiger partial charge in [-0.05, 0) is 65.4 Å². The molecule has 2 heterocycles. The second-order valence-corrected chi connectivity index (χ2v) is 11.9. The van der Waals surface area contributed by atoms with Crippen LogP contribution in [-0.2, 0) is 19.5 Å². The lowest BCUT2D eigenvalue weighted by atomic mass is 10.1. The number of aromatic amines is 1. The van der Waals surface area contributed by atoms with Crippen molar-refractivity contribution in [1.29, 1.82) is 0 Å². The Morgan fingerprint density at radius 3 is 2.54 bits per heavy atom. The van der Waals surface area contributed by atoms with Gasteiger partial charge in [0.05, 0.1) is 13.1 Å². The summed E-state index contributed by atoms with van der Waals surface area (Å²) >= 11 is 3.48. The van der Waals surface area contributed by atoms with Crippen LogP contribution in [0.25, 0.3) is 22.2 Å². The van der Waals surface area contributed by atoms with Crippen LogP contribution in [-0.4, -0.2) is 40.9 Å². The number of ether oxygens (including phenoxy) is 3. The SMILES string of the molecule is Br.Brc1ccc(-c2n[nH]c(CNC(=NCc3cccc(Oc4cccc5ccccc45)c3)NCCc3ccc4c(c3)OCCO4)n2)cc1. The fraction of sp³-hybridized carbons (Fsp3) is 0.162. The van der Waals surface area contributed by atoms with Gasteiger partial charge in [-0.2, -0.15) is 5.10 Å². The third-order valence-corrected chi connectivity index (χ3v) is 8.19. The molecular formula is C37H34Br2N6O3. The summed E-state index contributed by atoms with van der Waals surface area (Å²) in [5, 5.41) is 16.5. The monoisotopic (exact) mass is 768 g/mol. The van der Waals surface area contributed by atoms with Crippen molar-refractivity contribution in [3.05, 3.63) is 131 Å². The van der Waals surface area contributed by atoms with E-state index < -0.39 is 0 Å². The molecule has 0 aliphatic carbocycles. The van der Waals surface area contributed by atoms with Gasteiger partial charge in [-0.25, -0.2) is 9.98 Å². The molecule has 0 fully saturated rings. The van der Waals surface area contributed by atoms with Crippen LogP contribution >= 0.6 is 32.9 Å². The molecular weight excluding hydrogens is 736 g/mol. The van der Waals surface area contributed by atoms with Gasteiger partial charge in [0.15, 0.2) is 23.3 Å². The summed E-state index contributed by atoms with van der Waals surface area (Å²) in [4.78, 5) is 9.58. The average molecular weight is 771 g/mol. The van der Waals surface area contributed by atoms with Crippen LogP contribution in [0.15, 0.2) is 119 Å². The molecule has 1 aromatic heterocycles. The highest BCUT2D eigenvalue weighted by atomic mass is 79.9. The molecule has 0 saturated heterocycles. The van der Waals surface area contributed by atoms with E-state index in [0.29, 0.717) is 50.5 Å². The normalized spacial score (nSPS) is 12.3. The van der Waals surface area contributed by atoms with Gasteiger partial charge in [0, 0.05) is 22.0 Å². The summed E-state index contributed by atoms with van der Waals surface area (Å²) in [6.45, 7) is 2.68. The molecule has 1 aliphatic rings. The number of hydrogen-bond acceptors (Lipinski definition) is 6. The third-order valence-electron chi connectivity index (χ3n) is 7.67. The van der Waals surface area contributed by atoms with E-state index in [0.717, 1.165) is 61.4 Å². The standard InChI is InChI=1S/C37H33BrN6O3.BrH/c38-29-14-12-28(13-15-29)36-42-35(43-44-36)24-41-37(39-18-17-25-11-16-33-34(22-25)46-20-19-45-33)40-23-26-5-3-8-30(21-26)47-32-10-4-7-27-6-1-2-9-31(27)32;/h1-16,21-22H,17-20,23-24H2,(H2,39,40,41)(H,42,43,44);1H. The van der Waals surface area contributed by atoms with Crippen LogP contribution in [0.4, 0.5) is 0 Å². The first kappa shape index (κ1) is 33.0. The maximum Gasteiger partial charge on any atom is 0.191 e. The van der Waals surface area contributed by atoms with Crippen LogP contribution in [0.2, 0.25) is 0 Å². The van der Waals surface area contributed by atoms with Gasteiger partial charge in [0.1, 0.15) is 30.5 Å². The lowest BCUT2D eigenvalue weighted by Crippen LogP contribution is -2.38. The van der Waals surface area contributed by atoms with E-state index in [9.17, 15) is 0 Å². The van der Waals surface area contributed by atoms with Crippen molar-refractivity contribution in [3.63, 3.8) is 0 Å². The number of aliphatic imine (C=N–C) groups is 1. The lowest BCUT2D eigenvalue weighted by Gasteiger charge is -2.19. The molecule has 1 aliphatic heterocycles. The summed E-state index contributed by atoms with van der Waals surface area (Å²) in [7, 11) is 0. The molecule has 5 aromatic carbocycles. The Morgan fingerprint density at radius 2 is 1.65 bits per heavy atom. The molecule has 0 radical (unpaired) electrons. The first-order valence-electron chi connectivity index (χ1n) is 15.5. The van der Waals surface area contributed by atoms with E-state index in [4.69, 9.17) is 19.2 Å². The molecule has 9 nitrogen and oxygen atoms in total. The van der Waals surface area contributed by atoms with Gasteiger partial charge in [-0.15, -0.1) is 17.0 Å². The Bertz CT molecular complexity index is 2010. The summed E-state index contributed by atoms with van der Waals surface area (Å²) < 4.78 is 18.8. The largest absolute Gasteiger partial charge is 0.486 e.